The summed E-state index contributed by atoms with van der Waals surface area (Å²) in [6.45, 7) is 4.47. The van der Waals surface area contributed by atoms with Crippen LogP contribution in [-0.2, 0) is 11.3 Å². The summed E-state index contributed by atoms with van der Waals surface area (Å²) in [5, 5.41) is 3.02. The Balaban J connectivity index is 1.99. The lowest BCUT2D eigenvalue weighted by atomic mass is 10.1. The summed E-state index contributed by atoms with van der Waals surface area (Å²) in [6.07, 6.45) is 4.94. The van der Waals surface area contributed by atoms with Gasteiger partial charge in [-0.15, -0.1) is 0 Å². The van der Waals surface area contributed by atoms with Crippen molar-refractivity contribution in [3.05, 3.63) is 29.8 Å². The SMILES string of the molecule is CC(C(=O)Nc1ccccc1CN)N1CCCCCC1. The van der Waals surface area contributed by atoms with Crippen molar-refractivity contribution in [3.63, 3.8) is 0 Å². The van der Waals surface area contributed by atoms with Gasteiger partial charge < -0.3 is 11.1 Å². The average molecular weight is 275 g/mol. The van der Waals surface area contributed by atoms with Crippen LogP contribution in [-0.4, -0.2) is 29.9 Å². The molecular weight excluding hydrogens is 250 g/mol. The number of likely N-dealkylation sites (tertiary alicyclic amines) is 1. The minimum absolute atomic E-state index is 0.0628. The third-order valence-electron chi connectivity index (χ3n) is 4.06. The van der Waals surface area contributed by atoms with Gasteiger partial charge >= 0.3 is 0 Å². The molecule has 1 heterocycles. The molecule has 1 unspecified atom stereocenters. The molecule has 1 amide bonds. The molecule has 4 heteroatoms. The molecule has 1 saturated heterocycles. The second kappa shape index (κ2) is 7.41. The van der Waals surface area contributed by atoms with Gasteiger partial charge in [-0.2, -0.15) is 0 Å². The minimum atomic E-state index is -0.0843. The van der Waals surface area contributed by atoms with Gasteiger partial charge in [-0.25, -0.2) is 0 Å². The highest BCUT2D eigenvalue weighted by Gasteiger charge is 2.22. The largest absolute Gasteiger partial charge is 0.326 e. The number of anilines is 1. The van der Waals surface area contributed by atoms with E-state index in [-0.39, 0.29) is 11.9 Å². The number of hydrogen-bond donors (Lipinski definition) is 2. The third-order valence-corrected chi connectivity index (χ3v) is 4.06. The molecule has 0 radical (unpaired) electrons. The van der Waals surface area contributed by atoms with Crippen LogP contribution in [0.4, 0.5) is 5.69 Å². The Morgan fingerprint density at radius 3 is 2.55 bits per heavy atom. The molecule has 1 aliphatic rings. The van der Waals surface area contributed by atoms with Crippen molar-refractivity contribution in [1.29, 1.82) is 0 Å². The first-order chi connectivity index (χ1) is 9.72. The molecule has 3 N–H and O–H groups in total. The standard InChI is InChI=1S/C16H25N3O/c1-13(19-10-6-2-3-7-11-19)16(20)18-15-9-5-4-8-14(15)12-17/h4-5,8-9,13H,2-3,6-7,10-12,17H2,1H3,(H,18,20). The maximum absolute atomic E-state index is 12.4. The van der Waals surface area contributed by atoms with Gasteiger partial charge in [0, 0.05) is 12.2 Å². The van der Waals surface area contributed by atoms with Gasteiger partial charge in [0.2, 0.25) is 5.91 Å². The first kappa shape index (κ1) is 15.0. The number of para-hydroxylation sites is 1. The van der Waals surface area contributed by atoms with Gasteiger partial charge in [-0.1, -0.05) is 31.0 Å². The number of nitrogens with two attached hydrogens (primary N) is 1. The van der Waals surface area contributed by atoms with Crippen LogP contribution in [0.15, 0.2) is 24.3 Å². The van der Waals surface area contributed by atoms with Crippen LogP contribution in [0.5, 0.6) is 0 Å². The highest BCUT2D eigenvalue weighted by Crippen LogP contribution is 2.17. The summed E-state index contributed by atoms with van der Waals surface area (Å²) >= 11 is 0. The van der Waals surface area contributed by atoms with Crippen molar-refractivity contribution < 1.29 is 4.79 Å². The summed E-state index contributed by atoms with van der Waals surface area (Å²) < 4.78 is 0. The quantitative estimate of drug-likeness (QED) is 0.887. The van der Waals surface area contributed by atoms with E-state index in [1.54, 1.807) is 0 Å². The topological polar surface area (TPSA) is 58.4 Å². The monoisotopic (exact) mass is 275 g/mol. The average Bonchev–Trinajstić information content (AvgIpc) is 2.76. The van der Waals surface area contributed by atoms with E-state index in [9.17, 15) is 4.79 Å². The summed E-state index contributed by atoms with van der Waals surface area (Å²) in [7, 11) is 0. The Kier molecular flexibility index (Phi) is 5.56. The normalized spacial score (nSPS) is 18.3. The molecule has 0 aliphatic carbocycles. The predicted octanol–water partition coefficient (Wildman–Crippen LogP) is 2.35. The number of benzene rings is 1. The molecule has 0 saturated carbocycles. The van der Waals surface area contributed by atoms with Gasteiger partial charge in [-0.3, -0.25) is 9.69 Å². The predicted molar refractivity (Wildman–Crippen MR) is 82.5 cm³/mol. The van der Waals surface area contributed by atoms with Crippen molar-refractivity contribution in [2.24, 2.45) is 5.73 Å². The van der Waals surface area contributed by atoms with E-state index in [2.05, 4.69) is 10.2 Å². The fourth-order valence-corrected chi connectivity index (χ4v) is 2.71. The number of carbonyl (C=O) groups excluding carboxylic acids is 1. The Labute approximate surface area is 121 Å². The van der Waals surface area contributed by atoms with Crippen LogP contribution >= 0.6 is 0 Å². The molecule has 110 valence electrons. The molecular formula is C16H25N3O. The molecule has 20 heavy (non-hydrogen) atoms. The second-order valence-electron chi connectivity index (χ2n) is 5.48. The lowest BCUT2D eigenvalue weighted by Crippen LogP contribution is -2.42. The molecule has 1 fully saturated rings. The van der Waals surface area contributed by atoms with Crippen molar-refractivity contribution >= 4 is 11.6 Å². The highest BCUT2D eigenvalue weighted by molar-refractivity contribution is 5.95. The zero-order chi connectivity index (χ0) is 14.4. The molecule has 1 aromatic carbocycles. The molecule has 2 rings (SSSR count). The van der Waals surface area contributed by atoms with Gasteiger partial charge in [0.25, 0.3) is 0 Å². The van der Waals surface area contributed by atoms with E-state index in [4.69, 9.17) is 5.73 Å². The first-order valence-corrected chi connectivity index (χ1v) is 7.55. The van der Waals surface area contributed by atoms with Crippen LogP contribution in [0.1, 0.15) is 38.2 Å². The molecule has 1 atom stereocenters. The molecule has 0 bridgehead atoms. The third kappa shape index (κ3) is 3.81. The van der Waals surface area contributed by atoms with Gasteiger partial charge in [0.1, 0.15) is 0 Å². The molecule has 1 aromatic rings. The van der Waals surface area contributed by atoms with Gasteiger partial charge in [-0.05, 0) is 44.5 Å². The molecule has 0 aromatic heterocycles. The number of carbonyl (C=O) groups is 1. The first-order valence-electron chi connectivity index (χ1n) is 7.55. The zero-order valence-corrected chi connectivity index (χ0v) is 12.3. The molecule has 4 nitrogen and oxygen atoms in total. The summed E-state index contributed by atoms with van der Waals surface area (Å²) in [5.41, 5.74) is 7.51. The zero-order valence-electron chi connectivity index (χ0n) is 12.3. The second-order valence-corrected chi connectivity index (χ2v) is 5.48. The lowest BCUT2D eigenvalue weighted by molar-refractivity contribution is -0.120. The Bertz CT molecular complexity index is 439. The van der Waals surface area contributed by atoms with Crippen molar-refractivity contribution in [2.45, 2.75) is 45.2 Å². The lowest BCUT2D eigenvalue weighted by Gasteiger charge is -2.26. The summed E-state index contributed by atoms with van der Waals surface area (Å²) in [4.78, 5) is 14.7. The number of amides is 1. The smallest absolute Gasteiger partial charge is 0.241 e. The Morgan fingerprint density at radius 2 is 1.90 bits per heavy atom. The van der Waals surface area contributed by atoms with Crippen molar-refractivity contribution in [3.8, 4) is 0 Å². The highest BCUT2D eigenvalue weighted by atomic mass is 16.2. The van der Waals surface area contributed by atoms with E-state index in [0.29, 0.717) is 6.54 Å². The van der Waals surface area contributed by atoms with E-state index in [1.807, 2.05) is 31.2 Å². The number of nitrogens with zero attached hydrogens (tertiary/aromatic N) is 1. The van der Waals surface area contributed by atoms with E-state index in [0.717, 1.165) is 24.3 Å². The Hall–Kier alpha value is -1.39. The van der Waals surface area contributed by atoms with E-state index >= 15 is 0 Å². The van der Waals surface area contributed by atoms with E-state index in [1.165, 1.54) is 25.7 Å². The maximum atomic E-state index is 12.4. The van der Waals surface area contributed by atoms with Gasteiger partial charge in [0.15, 0.2) is 0 Å². The van der Waals surface area contributed by atoms with Crippen LogP contribution in [0.2, 0.25) is 0 Å². The Morgan fingerprint density at radius 1 is 1.25 bits per heavy atom. The number of hydrogen-bond acceptors (Lipinski definition) is 3. The maximum Gasteiger partial charge on any atom is 0.241 e. The van der Waals surface area contributed by atoms with Gasteiger partial charge in [0.05, 0.1) is 6.04 Å². The van der Waals surface area contributed by atoms with Crippen LogP contribution in [0, 0.1) is 0 Å². The van der Waals surface area contributed by atoms with Crippen molar-refractivity contribution in [2.75, 3.05) is 18.4 Å². The van der Waals surface area contributed by atoms with Crippen LogP contribution in [0.25, 0.3) is 0 Å². The molecule has 0 spiro atoms. The minimum Gasteiger partial charge on any atom is -0.326 e. The van der Waals surface area contributed by atoms with E-state index < -0.39 is 0 Å². The number of nitrogens with one attached hydrogen (secondary N) is 1. The fraction of sp³-hybridized carbons (Fsp3) is 0.562. The number of rotatable bonds is 4. The summed E-state index contributed by atoms with van der Waals surface area (Å²) in [6, 6.07) is 7.64. The summed E-state index contributed by atoms with van der Waals surface area (Å²) in [5.74, 6) is 0.0628. The van der Waals surface area contributed by atoms with Crippen LogP contribution in [0.3, 0.4) is 0 Å². The van der Waals surface area contributed by atoms with Crippen molar-refractivity contribution in [1.82, 2.24) is 4.90 Å². The fourth-order valence-electron chi connectivity index (χ4n) is 2.71. The van der Waals surface area contributed by atoms with Crippen LogP contribution < -0.4 is 11.1 Å². The molecule has 1 aliphatic heterocycles.